The third kappa shape index (κ3) is 2.84. The molecule has 0 aliphatic carbocycles. The number of alkyl halides is 4. The molecule has 16 heavy (non-hydrogen) atoms. The van der Waals surface area contributed by atoms with E-state index in [0.29, 0.717) is 0 Å². The number of aromatic carboxylic acids is 1. The molecule has 0 radical (unpaired) electrons. The zero-order chi connectivity index (χ0) is 12.3. The zero-order valence-electron chi connectivity index (χ0n) is 7.53. The molecule has 0 saturated carbocycles. The number of hydrogen-bond donors (Lipinski definition) is 1. The highest BCUT2D eigenvalue weighted by molar-refractivity contribution is 9.09. The second-order valence-electron chi connectivity index (χ2n) is 2.62. The molecule has 0 saturated heterocycles. The van der Waals surface area contributed by atoms with Crippen molar-refractivity contribution < 1.29 is 27.8 Å². The van der Waals surface area contributed by atoms with Crippen molar-refractivity contribution in [2.75, 3.05) is 0 Å². The fourth-order valence-corrected chi connectivity index (χ4v) is 0.918. The van der Waals surface area contributed by atoms with Crippen LogP contribution in [0.2, 0.25) is 0 Å². The zero-order valence-corrected chi connectivity index (χ0v) is 9.12. The van der Waals surface area contributed by atoms with E-state index in [2.05, 4.69) is 9.72 Å². The van der Waals surface area contributed by atoms with Crippen LogP contribution in [0.4, 0.5) is 13.2 Å². The Morgan fingerprint density at radius 1 is 1.62 bits per heavy atom. The van der Waals surface area contributed by atoms with Gasteiger partial charge in [-0.3, -0.25) is 0 Å². The van der Waals surface area contributed by atoms with E-state index in [0.717, 1.165) is 12.3 Å². The molecule has 0 aliphatic heterocycles. The molecule has 1 heterocycles. The van der Waals surface area contributed by atoms with Crippen LogP contribution < -0.4 is 4.74 Å². The fraction of sp³-hybridized carbons (Fsp3) is 0.250. The molecule has 8 heteroatoms. The third-order valence-corrected chi connectivity index (χ3v) is 2.01. The van der Waals surface area contributed by atoms with Gasteiger partial charge in [-0.15, -0.1) is 0 Å². The maximum absolute atomic E-state index is 12.8. The quantitative estimate of drug-likeness (QED) is 0.868. The number of halogens is 4. The molecular weight excluding hydrogens is 295 g/mol. The summed E-state index contributed by atoms with van der Waals surface area (Å²) in [5, 5.41) is 5.86. The minimum Gasteiger partial charge on any atom is -0.476 e. The largest absolute Gasteiger partial charge is 0.476 e. The molecule has 0 aromatic carbocycles. The summed E-state index contributed by atoms with van der Waals surface area (Å²) in [7, 11) is 0. The van der Waals surface area contributed by atoms with E-state index >= 15 is 0 Å². The summed E-state index contributed by atoms with van der Waals surface area (Å²) in [6, 6.07) is 2.15. The van der Waals surface area contributed by atoms with E-state index in [1.54, 1.807) is 0 Å². The van der Waals surface area contributed by atoms with E-state index in [4.69, 9.17) is 5.11 Å². The van der Waals surface area contributed by atoms with Gasteiger partial charge in [-0.25, -0.2) is 14.2 Å². The van der Waals surface area contributed by atoms with Crippen LogP contribution in [-0.4, -0.2) is 27.2 Å². The van der Waals surface area contributed by atoms with Crippen LogP contribution in [-0.2, 0) is 0 Å². The summed E-state index contributed by atoms with van der Waals surface area (Å²) in [5.41, 5.74) is -0.713. The van der Waals surface area contributed by atoms with Gasteiger partial charge in [-0.1, -0.05) is 0 Å². The second kappa shape index (κ2) is 4.69. The van der Waals surface area contributed by atoms with E-state index in [1.807, 2.05) is 15.9 Å². The molecule has 0 bridgehead atoms. The predicted molar refractivity (Wildman–Crippen MR) is 50.6 cm³/mol. The first kappa shape index (κ1) is 12.8. The van der Waals surface area contributed by atoms with Gasteiger partial charge in [0.15, 0.2) is 11.4 Å². The third-order valence-electron chi connectivity index (χ3n) is 1.47. The van der Waals surface area contributed by atoms with Gasteiger partial charge in [0.2, 0.25) is 0 Å². The van der Waals surface area contributed by atoms with E-state index in [9.17, 15) is 18.0 Å². The number of carbonyl (C=O) groups is 1. The number of carboxylic acids is 1. The molecule has 1 unspecified atom stereocenters. The molecule has 88 valence electrons. The highest BCUT2D eigenvalue weighted by atomic mass is 79.9. The number of aromatic nitrogens is 1. The molecule has 1 N–H and O–H groups in total. The molecule has 0 amide bonds. The second-order valence-corrected chi connectivity index (χ2v) is 3.42. The fourth-order valence-electron chi connectivity index (χ4n) is 0.825. The minimum atomic E-state index is -4.17. The highest BCUT2D eigenvalue weighted by Crippen LogP contribution is 2.30. The summed E-state index contributed by atoms with van der Waals surface area (Å²) in [6.45, 7) is 0. The lowest BCUT2D eigenvalue weighted by Crippen LogP contribution is -2.33. The SMILES string of the molecule is O=C(O)c1ncccc1OC(F)(F)C(F)Br. The van der Waals surface area contributed by atoms with Crippen LogP contribution in [0, 0.1) is 0 Å². The number of rotatable bonds is 4. The smallest absolute Gasteiger partial charge is 0.440 e. The Morgan fingerprint density at radius 2 is 2.25 bits per heavy atom. The van der Waals surface area contributed by atoms with Crippen molar-refractivity contribution in [2.24, 2.45) is 0 Å². The first-order valence-corrected chi connectivity index (χ1v) is 4.79. The molecule has 0 aliphatic rings. The van der Waals surface area contributed by atoms with Crippen molar-refractivity contribution >= 4 is 21.9 Å². The molecule has 1 atom stereocenters. The van der Waals surface area contributed by atoms with Crippen LogP contribution >= 0.6 is 15.9 Å². The lowest BCUT2D eigenvalue weighted by Gasteiger charge is -2.18. The molecule has 0 fully saturated rings. The monoisotopic (exact) mass is 299 g/mol. The Kier molecular flexibility index (Phi) is 3.74. The predicted octanol–water partition coefficient (Wildman–Crippen LogP) is 2.44. The van der Waals surface area contributed by atoms with Crippen molar-refractivity contribution in [3.63, 3.8) is 0 Å². The summed E-state index contributed by atoms with van der Waals surface area (Å²) in [4.78, 5) is 13.9. The lowest BCUT2D eigenvalue weighted by molar-refractivity contribution is -0.195. The number of pyridine rings is 1. The lowest BCUT2D eigenvalue weighted by atomic mass is 10.3. The summed E-state index contributed by atoms with van der Waals surface area (Å²) in [6.07, 6.45) is -3.08. The molecule has 4 nitrogen and oxygen atoms in total. The number of hydrogen-bond acceptors (Lipinski definition) is 3. The van der Waals surface area contributed by atoms with E-state index < -0.39 is 28.6 Å². The van der Waals surface area contributed by atoms with Gasteiger partial charge in [0.1, 0.15) is 0 Å². The summed E-state index contributed by atoms with van der Waals surface area (Å²) < 4.78 is 42.0. The van der Waals surface area contributed by atoms with Gasteiger partial charge in [-0.2, -0.15) is 8.78 Å². The molecule has 1 aromatic heterocycles. The Labute approximate surface area is 96.2 Å². The van der Waals surface area contributed by atoms with Gasteiger partial charge < -0.3 is 9.84 Å². The van der Waals surface area contributed by atoms with Gasteiger partial charge >= 0.3 is 12.1 Å². The maximum Gasteiger partial charge on any atom is 0.440 e. The first-order chi connectivity index (χ1) is 7.34. The van der Waals surface area contributed by atoms with Crippen LogP contribution in [0.3, 0.4) is 0 Å². The van der Waals surface area contributed by atoms with Crippen molar-refractivity contribution in [3.05, 3.63) is 24.0 Å². The average molecular weight is 300 g/mol. The van der Waals surface area contributed by atoms with Crippen molar-refractivity contribution in [3.8, 4) is 5.75 Å². The number of ether oxygens (including phenoxy) is 1. The number of carboxylic acid groups (broad SMARTS) is 1. The summed E-state index contributed by atoms with van der Waals surface area (Å²) >= 11 is 2.01. The minimum absolute atomic E-state index is 0.706. The number of nitrogens with zero attached hydrogens (tertiary/aromatic N) is 1. The normalized spacial score (nSPS) is 13.2. The van der Waals surface area contributed by atoms with Crippen LogP contribution in [0.5, 0.6) is 5.75 Å². The Balaban J connectivity index is 3.02. The van der Waals surface area contributed by atoms with Crippen molar-refractivity contribution in [1.29, 1.82) is 0 Å². The molecule has 0 spiro atoms. The topological polar surface area (TPSA) is 59.4 Å². The van der Waals surface area contributed by atoms with Gasteiger partial charge in [0.05, 0.1) is 0 Å². The van der Waals surface area contributed by atoms with E-state index in [1.165, 1.54) is 6.07 Å². The van der Waals surface area contributed by atoms with Crippen LogP contribution in [0.1, 0.15) is 10.5 Å². The summed E-state index contributed by atoms with van der Waals surface area (Å²) in [5.74, 6) is -2.25. The average Bonchev–Trinajstić information content (AvgIpc) is 2.17. The maximum atomic E-state index is 12.8. The Hall–Kier alpha value is -1.31. The highest BCUT2D eigenvalue weighted by Gasteiger charge is 2.42. The molecule has 1 rings (SSSR count). The van der Waals surface area contributed by atoms with Crippen LogP contribution in [0.25, 0.3) is 0 Å². The van der Waals surface area contributed by atoms with Gasteiger partial charge in [0.25, 0.3) is 5.08 Å². The standard InChI is InChI=1S/C8H5BrF3NO3/c9-7(10)8(11,12)16-4-2-1-3-13-5(4)6(14)15/h1-3,7H,(H,14,15). The molecular formula is C8H5BrF3NO3. The molecule has 1 aromatic rings. The van der Waals surface area contributed by atoms with Gasteiger partial charge in [-0.05, 0) is 28.1 Å². The van der Waals surface area contributed by atoms with Crippen molar-refractivity contribution in [1.82, 2.24) is 4.98 Å². The van der Waals surface area contributed by atoms with Crippen LogP contribution in [0.15, 0.2) is 18.3 Å². The van der Waals surface area contributed by atoms with Gasteiger partial charge in [0, 0.05) is 6.20 Å². The Bertz CT molecular complexity index is 400. The van der Waals surface area contributed by atoms with Crippen molar-refractivity contribution in [2.45, 2.75) is 11.2 Å². The Morgan fingerprint density at radius 3 is 2.75 bits per heavy atom. The first-order valence-electron chi connectivity index (χ1n) is 3.88. The van der Waals surface area contributed by atoms with E-state index in [-0.39, 0.29) is 0 Å².